The predicted molar refractivity (Wildman–Crippen MR) is 67.6 cm³/mol. The molecule has 0 aliphatic carbocycles. The lowest BCUT2D eigenvalue weighted by atomic mass is 9.95. The van der Waals surface area contributed by atoms with Gasteiger partial charge in [0.1, 0.15) is 17.1 Å². The van der Waals surface area contributed by atoms with Crippen LogP contribution < -0.4 is 10.1 Å². The van der Waals surface area contributed by atoms with Crippen LogP contribution in [0.1, 0.15) is 24.5 Å². The van der Waals surface area contributed by atoms with E-state index in [2.05, 4.69) is 17.4 Å². The van der Waals surface area contributed by atoms with Crippen LogP contribution in [-0.4, -0.2) is 20.2 Å². The molecule has 3 rings (SSSR count). The molecule has 1 aliphatic heterocycles. The lowest BCUT2D eigenvalue weighted by Crippen LogP contribution is -2.26. The maximum atomic E-state index is 5.94. The number of piperidine rings is 1. The lowest BCUT2D eigenvalue weighted by molar-refractivity contribution is 0.395. The highest BCUT2D eigenvalue weighted by Gasteiger charge is 2.19. The van der Waals surface area contributed by atoms with Crippen molar-refractivity contribution in [2.75, 3.05) is 20.2 Å². The normalized spacial score (nSPS) is 17.5. The molecule has 1 N–H and O–H groups in total. The molecule has 2 heterocycles. The first-order valence-corrected chi connectivity index (χ1v) is 6.15. The van der Waals surface area contributed by atoms with Gasteiger partial charge in [-0.05, 0) is 44.1 Å². The summed E-state index contributed by atoms with van der Waals surface area (Å²) < 4.78 is 11.1. The standard InChI is InChI=1S/C14H17NO2/c1-16-12-3-2-11-8-13(17-14(11)9-12)10-4-6-15-7-5-10/h2-3,8-10,15H,4-7H2,1H3. The zero-order valence-corrected chi connectivity index (χ0v) is 10.0. The van der Waals surface area contributed by atoms with Gasteiger partial charge in [-0.2, -0.15) is 0 Å². The summed E-state index contributed by atoms with van der Waals surface area (Å²) in [6.07, 6.45) is 2.33. The topological polar surface area (TPSA) is 34.4 Å². The van der Waals surface area contributed by atoms with Gasteiger partial charge in [-0.1, -0.05) is 0 Å². The Morgan fingerprint density at radius 3 is 2.82 bits per heavy atom. The van der Waals surface area contributed by atoms with Crippen molar-refractivity contribution in [3.8, 4) is 5.75 Å². The van der Waals surface area contributed by atoms with Gasteiger partial charge in [0.2, 0.25) is 0 Å². The molecule has 90 valence electrons. The minimum Gasteiger partial charge on any atom is -0.497 e. The second-order valence-electron chi connectivity index (χ2n) is 4.58. The van der Waals surface area contributed by atoms with Gasteiger partial charge in [0.15, 0.2) is 0 Å². The van der Waals surface area contributed by atoms with Crippen molar-refractivity contribution < 1.29 is 9.15 Å². The number of furan rings is 1. The van der Waals surface area contributed by atoms with Crippen LogP contribution in [0.3, 0.4) is 0 Å². The van der Waals surface area contributed by atoms with Crippen molar-refractivity contribution in [2.45, 2.75) is 18.8 Å². The molecule has 2 aromatic rings. The summed E-state index contributed by atoms with van der Waals surface area (Å²) in [4.78, 5) is 0. The Balaban J connectivity index is 1.95. The number of benzene rings is 1. The van der Waals surface area contributed by atoms with Crippen molar-refractivity contribution >= 4 is 11.0 Å². The van der Waals surface area contributed by atoms with Crippen molar-refractivity contribution in [1.82, 2.24) is 5.32 Å². The van der Waals surface area contributed by atoms with E-state index in [4.69, 9.17) is 9.15 Å². The van der Waals surface area contributed by atoms with E-state index in [0.29, 0.717) is 5.92 Å². The van der Waals surface area contributed by atoms with E-state index in [-0.39, 0.29) is 0 Å². The molecule has 0 spiro atoms. The summed E-state index contributed by atoms with van der Waals surface area (Å²) in [6.45, 7) is 2.18. The van der Waals surface area contributed by atoms with Crippen molar-refractivity contribution in [1.29, 1.82) is 0 Å². The second kappa shape index (κ2) is 4.41. The van der Waals surface area contributed by atoms with E-state index < -0.39 is 0 Å². The van der Waals surface area contributed by atoms with Gasteiger partial charge in [-0.25, -0.2) is 0 Å². The molecule has 1 aromatic carbocycles. The van der Waals surface area contributed by atoms with Crippen LogP contribution in [0.2, 0.25) is 0 Å². The molecule has 1 aromatic heterocycles. The summed E-state index contributed by atoms with van der Waals surface area (Å²) in [5, 5.41) is 4.54. The maximum Gasteiger partial charge on any atom is 0.137 e. The number of hydrogen-bond donors (Lipinski definition) is 1. The Bertz CT molecular complexity index is 512. The molecule has 0 amide bonds. The van der Waals surface area contributed by atoms with Gasteiger partial charge in [0, 0.05) is 17.4 Å². The molecule has 1 saturated heterocycles. The summed E-state index contributed by atoms with van der Waals surface area (Å²) in [5.41, 5.74) is 0.929. The van der Waals surface area contributed by atoms with E-state index in [0.717, 1.165) is 43.0 Å². The Morgan fingerprint density at radius 1 is 1.24 bits per heavy atom. The first-order valence-electron chi connectivity index (χ1n) is 6.15. The Morgan fingerprint density at radius 2 is 2.06 bits per heavy atom. The molecule has 0 atom stereocenters. The quantitative estimate of drug-likeness (QED) is 0.863. The fraction of sp³-hybridized carbons (Fsp3) is 0.429. The van der Waals surface area contributed by atoms with Crippen LogP contribution >= 0.6 is 0 Å². The maximum absolute atomic E-state index is 5.94. The first-order chi connectivity index (χ1) is 8.36. The molecule has 1 aliphatic rings. The zero-order chi connectivity index (χ0) is 11.7. The number of ether oxygens (including phenoxy) is 1. The van der Waals surface area contributed by atoms with Crippen LogP contribution in [-0.2, 0) is 0 Å². The molecule has 0 saturated carbocycles. The Hall–Kier alpha value is -1.48. The summed E-state index contributed by atoms with van der Waals surface area (Å²) in [6, 6.07) is 8.16. The van der Waals surface area contributed by atoms with E-state index in [1.54, 1.807) is 7.11 Å². The third-order valence-electron chi connectivity index (χ3n) is 3.49. The smallest absolute Gasteiger partial charge is 0.137 e. The van der Waals surface area contributed by atoms with E-state index >= 15 is 0 Å². The van der Waals surface area contributed by atoms with Gasteiger partial charge in [0.25, 0.3) is 0 Å². The predicted octanol–water partition coefficient (Wildman–Crippen LogP) is 2.91. The van der Waals surface area contributed by atoms with Crippen LogP contribution in [0.4, 0.5) is 0 Å². The van der Waals surface area contributed by atoms with Gasteiger partial charge in [-0.3, -0.25) is 0 Å². The Labute approximate surface area is 101 Å². The third-order valence-corrected chi connectivity index (χ3v) is 3.49. The Kier molecular flexibility index (Phi) is 2.77. The van der Waals surface area contributed by atoms with E-state index in [9.17, 15) is 0 Å². The fourth-order valence-electron chi connectivity index (χ4n) is 2.47. The third kappa shape index (κ3) is 2.03. The number of fused-ring (bicyclic) bond motifs is 1. The zero-order valence-electron chi connectivity index (χ0n) is 10.0. The molecule has 3 nitrogen and oxygen atoms in total. The largest absolute Gasteiger partial charge is 0.497 e. The average molecular weight is 231 g/mol. The first kappa shape index (κ1) is 10.7. The molecular weight excluding hydrogens is 214 g/mol. The SMILES string of the molecule is COc1ccc2cc(C3CCNCC3)oc2c1. The van der Waals surface area contributed by atoms with E-state index in [1.165, 1.54) is 5.39 Å². The summed E-state index contributed by atoms with van der Waals surface area (Å²) in [7, 11) is 1.68. The van der Waals surface area contributed by atoms with Gasteiger partial charge >= 0.3 is 0 Å². The molecule has 17 heavy (non-hydrogen) atoms. The van der Waals surface area contributed by atoms with Crippen LogP contribution in [0.5, 0.6) is 5.75 Å². The molecule has 1 fully saturated rings. The molecule has 0 unspecified atom stereocenters. The summed E-state index contributed by atoms with van der Waals surface area (Å²) >= 11 is 0. The minimum atomic E-state index is 0.564. The number of nitrogens with one attached hydrogen (secondary N) is 1. The second-order valence-corrected chi connectivity index (χ2v) is 4.58. The van der Waals surface area contributed by atoms with Crippen molar-refractivity contribution in [3.63, 3.8) is 0 Å². The molecule has 0 bridgehead atoms. The highest BCUT2D eigenvalue weighted by molar-refractivity contribution is 5.79. The van der Waals surface area contributed by atoms with Gasteiger partial charge in [0.05, 0.1) is 7.11 Å². The number of methoxy groups -OCH3 is 1. The number of hydrogen-bond acceptors (Lipinski definition) is 3. The number of rotatable bonds is 2. The van der Waals surface area contributed by atoms with Gasteiger partial charge in [-0.15, -0.1) is 0 Å². The average Bonchev–Trinajstić information content (AvgIpc) is 2.82. The summed E-state index contributed by atoms with van der Waals surface area (Å²) in [5.74, 6) is 2.54. The van der Waals surface area contributed by atoms with Crippen molar-refractivity contribution in [2.24, 2.45) is 0 Å². The van der Waals surface area contributed by atoms with E-state index in [1.807, 2.05) is 12.1 Å². The van der Waals surface area contributed by atoms with Crippen LogP contribution in [0, 0.1) is 0 Å². The van der Waals surface area contributed by atoms with Crippen LogP contribution in [0.25, 0.3) is 11.0 Å². The molecule has 3 heteroatoms. The fourth-order valence-corrected chi connectivity index (χ4v) is 2.47. The highest BCUT2D eigenvalue weighted by atomic mass is 16.5. The van der Waals surface area contributed by atoms with Crippen LogP contribution in [0.15, 0.2) is 28.7 Å². The van der Waals surface area contributed by atoms with Crippen molar-refractivity contribution in [3.05, 3.63) is 30.0 Å². The molecule has 0 radical (unpaired) electrons. The molecular formula is C14H17NO2. The lowest BCUT2D eigenvalue weighted by Gasteiger charge is -2.20. The van der Waals surface area contributed by atoms with Gasteiger partial charge < -0.3 is 14.5 Å². The highest BCUT2D eigenvalue weighted by Crippen LogP contribution is 2.31. The monoisotopic (exact) mass is 231 g/mol. The minimum absolute atomic E-state index is 0.564.